The summed E-state index contributed by atoms with van der Waals surface area (Å²) in [4.78, 5) is 34.6. The smallest absolute Gasteiger partial charge is 0.243 e. The molecule has 9 heteroatoms. The molecule has 2 unspecified atom stereocenters. The van der Waals surface area contributed by atoms with Crippen LogP contribution in [0.1, 0.15) is 64.2 Å². The summed E-state index contributed by atoms with van der Waals surface area (Å²) in [7, 11) is 2.23. The molecule has 1 saturated carbocycles. The van der Waals surface area contributed by atoms with Crippen LogP contribution in [0.3, 0.4) is 0 Å². The number of likely N-dealkylation sites (N-methyl/N-ethyl adjacent to an activating group) is 1. The number of hydrogen-bond donors (Lipinski definition) is 3. The third kappa shape index (κ3) is 6.05. The molecule has 0 radical (unpaired) electrons. The van der Waals surface area contributed by atoms with Crippen molar-refractivity contribution < 1.29 is 24.2 Å². The zero-order chi connectivity index (χ0) is 25.1. The molecule has 0 aromatic heterocycles. The zero-order valence-corrected chi connectivity index (χ0v) is 22.3. The van der Waals surface area contributed by atoms with Gasteiger partial charge in [-0.3, -0.25) is 19.4 Å². The van der Waals surface area contributed by atoms with E-state index in [1.54, 1.807) is 0 Å². The average molecular weight is 509 g/mol. The molecule has 4 saturated heterocycles. The van der Waals surface area contributed by atoms with Gasteiger partial charge in [0.1, 0.15) is 30.5 Å². The van der Waals surface area contributed by atoms with Crippen LogP contribution in [0.15, 0.2) is 0 Å². The number of fused-ring (bicyclic) bond motifs is 1. The number of piperazine rings is 1. The van der Waals surface area contributed by atoms with E-state index in [2.05, 4.69) is 32.4 Å². The van der Waals surface area contributed by atoms with Crippen molar-refractivity contribution in [2.75, 3.05) is 59.4 Å². The van der Waals surface area contributed by atoms with Crippen molar-refractivity contribution in [1.29, 1.82) is 0 Å². The first kappa shape index (κ1) is 26.3. The molecular formula is C27H49FN6O2+2. The Labute approximate surface area is 216 Å². The van der Waals surface area contributed by atoms with E-state index in [9.17, 15) is 14.0 Å². The summed E-state index contributed by atoms with van der Waals surface area (Å²) < 4.78 is 13.6. The predicted octanol–water partition coefficient (Wildman–Crippen LogP) is -1.03. The van der Waals surface area contributed by atoms with Crippen LogP contribution in [0.4, 0.5) is 4.39 Å². The molecule has 204 valence electrons. The largest absolute Gasteiger partial charge is 0.349 e. The number of quaternary nitrogens is 2. The Balaban J connectivity index is 1.09. The average Bonchev–Trinajstić information content (AvgIpc) is 3.28. The van der Waals surface area contributed by atoms with Crippen LogP contribution in [0.2, 0.25) is 0 Å². The van der Waals surface area contributed by atoms with E-state index < -0.39 is 6.17 Å². The van der Waals surface area contributed by atoms with E-state index in [-0.39, 0.29) is 29.9 Å². The second kappa shape index (κ2) is 12.0. The first-order valence-corrected chi connectivity index (χ1v) is 14.8. The minimum Gasteiger partial charge on any atom is -0.349 e. The Hall–Kier alpha value is -1.29. The maximum atomic E-state index is 13.6. The summed E-state index contributed by atoms with van der Waals surface area (Å²) in [5, 5.41) is 5.70. The van der Waals surface area contributed by atoms with Gasteiger partial charge >= 0.3 is 0 Å². The highest BCUT2D eigenvalue weighted by Gasteiger charge is 2.48. The Morgan fingerprint density at radius 3 is 2.56 bits per heavy atom. The molecule has 4 aliphatic heterocycles. The summed E-state index contributed by atoms with van der Waals surface area (Å²) in [6.45, 7) is 7.42. The van der Waals surface area contributed by atoms with Crippen molar-refractivity contribution in [2.45, 2.75) is 94.7 Å². The topological polar surface area (TPSA) is 76.9 Å². The number of likely N-dealkylation sites (tertiary alicyclic amines) is 1. The fourth-order valence-corrected chi connectivity index (χ4v) is 7.66. The van der Waals surface area contributed by atoms with Gasteiger partial charge in [0.25, 0.3) is 0 Å². The first-order chi connectivity index (χ1) is 17.5. The summed E-state index contributed by atoms with van der Waals surface area (Å²) >= 11 is 0. The van der Waals surface area contributed by atoms with Crippen molar-refractivity contribution in [3.8, 4) is 0 Å². The predicted molar refractivity (Wildman–Crippen MR) is 136 cm³/mol. The lowest BCUT2D eigenvalue weighted by atomic mass is 9.87. The summed E-state index contributed by atoms with van der Waals surface area (Å²) in [5.41, 5.74) is 0. The van der Waals surface area contributed by atoms with Crippen LogP contribution < -0.4 is 15.5 Å². The highest BCUT2D eigenvalue weighted by molar-refractivity contribution is 5.83. The Kier molecular flexibility index (Phi) is 8.81. The second-order valence-electron chi connectivity index (χ2n) is 12.2. The van der Waals surface area contributed by atoms with E-state index in [0.717, 1.165) is 65.0 Å². The number of nitrogens with zero attached hydrogens (tertiary/aromatic N) is 3. The van der Waals surface area contributed by atoms with Crippen molar-refractivity contribution in [3.05, 3.63) is 0 Å². The van der Waals surface area contributed by atoms with Crippen LogP contribution in [0.5, 0.6) is 0 Å². The number of carbonyl (C=O) groups is 2. The van der Waals surface area contributed by atoms with Crippen molar-refractivity contribution in [3.63, 3.8) is 0 Å². The van der Waals surface area contributed by atoms with Crippen LogP contribution in [-0.2, 0) is 9.59 Å². The van der Waals surface area contributed by atoms with Gasteiger partial charge in [-0.2, -0.15) is 0 Å². The van der Waals surface area contributed by atoms with Gasteiger partial charge in [-0.1, -0.05) is 0 Å². The number of halogens is 1. The normalized spacial score (nSPS) is 38.9. The number of rotatable bonds is 6. The molecule has 5 fully saturated rings. The monoisotopic (exact) mass is 508 g/mol. The number of hydrogen-bond acceptors (Lipinski definition) is 4. The Morgan fingerprint density at radius 1 is 1.06 bits per heavy atom. The SMILES string of the molecule is C[NH+]1[C@@H](CCC(=O)N2CCN(C3CCCC[NH2+]3)CC2)CNC(=O)[C@@H]2[C@@H]1CCN2CC1CCC(F)CC1. The third-order valence-electron chi connectivity index (χ3n) is 10.0. The molecule has 5 rings (SSSR count). The van der Waals surface area contributed by atoms with E-state index in [0.29, 0.717) is 37.9 Å². The maximum absolute atomic E-state index is 13.6. The maximum Gasteiger partial charge on any atom is 0.243 e. The lowest BCUT2D eigenvalue weighted by Crippen LogP contribution is -3.18. The van der Waals surface area contributed by atoms with Gasteiger partial charge in [0.05, 0.1) is 20.1 Å². The van der Waals surface area contributed by atoms with Gasteiger partial charge in [0.15, 0.2) is 0 Å². The van der Waals surface area contributed by atoms with Gasteiger partial charge < -0.3 is 20.4 Å². The molecule has 5 aliphatic rings. The standard InChI is InChI=1S/C27H47FN6O2/c1-31-22(9-10-25(35)33-16-14-32(15-17-33)24-4-2-3-12-29-24)18-30-27(36)26-23(31)11-13-34(26)19-20-5-7-21(28)8-6-20/h20-24,26,29H,2-19H2,1H3,(H,30,36)/p+2/t20?,21?,22-,23-,24?,26-/m0/s1. The van der Waals surface area contributed by atoms with Gasteiger partial charge in [0, 0.05) is 65.0 Å². The summed E-state index contributed by atoms with van der Waals surface area (Å²) in [6.07, 6.45) is 9.56. The summed E-state index contributed by atoms with van der Waals surface area (Å²) in [5.74, 6) is 0.941. The molecule has 0 spiro atoms. The lowest BCUT2D eigenvalue weighted by molar-refractivity contribution is -0.928. The van der Waals surface area contributed by atoms with E-state index in [1.807, 2.05) is 0 Å². The lowest BCUT2D eigenvalue weighted by Gasteiger charge is -2.39. The minimum absolute atomic E-state index is 0.0847. The molecule has 4 heterocycles. The molecule has 2 amide bonds. The zero-order valence-electron chi connectivity index (χ0n) is 22.3. The number of nitrogens with two attached hydrogens (primary N) is 1. The molecule has 36 heavy (non-hydrogen) atoms. The van der Waals surface area contributed by atoms with Crippen molar-refractivity contribution in [2.24, 2.45) is 5.92 Å². The van der Waals surface area contributed by atoms with Gasteiger partial charge in [-0.05, 0) is 44.4 Å². The Bertz CT molecular complexity index is 749. The number of piperidine rings is 1. The Morgan fingerprint density at radius 2 is 1.83 bits per heavy atom. The fourth-order valence-electron chi connectivity index (χ4n) is 7.66. The molecule has 1 aliphatic carbocycles. The summed E-state index contributed by atoms with van der Waals surface area (Å²) in [6, 6.07) is 0.465. The molecule has 8 nitrogen and oxygen atoms in total. The number of nitrogens with one attached hydrogen (secondary N) is 2. The van der Waals surface area contributed by atoms with Gasteiger partial charge in [-0.15, -0.1) is 0 Å². The molecule has 0 aromatic rings. The number of amides is 2. The quantitative estimate of drug-likeness (QED) is 0.429. The highest BCUT2D eigenvalue weighted by atomic mass is 19.1. The second-order valence-corrected chi connectivity index (χ2v) is 12.2. The fraction of sp³-hybridized carbons (Fsp3) is 0.926. The van der Waals surface area contributed by atoms with Crippen LogP contribution in [-0.4, -0.2) is 116 Å². The van der Waals surface area contributed by atoms with E-state index >= 15 is 0 Å². The van der Waals surface area contributed by atoms with Crippen molar-refractivity contribution in [1.82, 2.24) is 20.0 Å². The molecule has 5 atom stereocenters. The van der Waals surface area contributed by atoms with Crippen LogP contribution in [0, 0.1) is 5.92 Å². The van der Waals surface area contributed by atoms with E-state index in [1.165, 1.54) is 30.7 Å². The molecule has 4 N–H and O–H groups in total. The van der Waals surface area contributed by atoms with Crippen LogP contribution >= 0.6 is 0 Å². The molecule has 0 aromatic carbocycles. The van der Waals surface area contributed by atoms with Crippen LogP contribution in [0.25, 0.3) is 0 Å². The first-order valence-electron chi connectivity index (χ1n) is 14.8. The molecule has 0 bridgehead atoms. The number of carbonyl (C=O) groups excluding carboxylic acids is 2. The third-order valence-corrected chi connectivity index (χ3v) is 10.0. The highest BCUT2D eigenvalue weighted by Crippen LogP contribution is 2.29. The number of alkyl halides is 1. The van der Waals surface area contributed by atoms with E-state index in [4.69, 9.17) is 0 Å². The van der Waals surface area contributed by atoms with Crippen molar-refractivity contribution >= 4 is 11.8 Å². The minimum atomic E-state index is -0.632. The van der Waals surface area contributed by atoms with Gasteiger partial charge in [-0.25, -0.2) is 4.39 Å². The van der Waals surface area contributed by atoms with Gasteiger partial charge in [0.2, 0.25) is 11.8 Å². The molecular weight excluding hydrogens is 459 g/mol.